The monoisotopic (exact) mass is 394 g/mol. The summed E-state index contributed by atoms with van der Waals surface area (Å²) in [6.07, 6.45) is 0.351. The van der Waals surface area contributed by atoms with Crippen molar-refractivity contribution in [1.29, 1.82) is 0 Å². The van der Waals surface area contributed by atoms with Crippen LogP contribution in [0.3, 0.4) is 0 Å². The minimum Gasteiger partial charge on any atom is -0.486 e. The average molecular weight is 394 g/mol. The van der Waals surface area contributed by atoms with Crippen LogP contribution >= 0.6 is 0 Å². The fourth-order valence-corrected chi connectivity index (χ4v) is 3.60. The van der Waals surface area contributed by atoms with Crippen LogP contribution in [0.2, 0.25) is 0 Å². The second-order valence-corrected chi connectivity index (χ2v) is 7.56. The summed E-state index contributed by atoms with van der Waals surface area (Å²) in [5.41, 5.74) is -0.0469. The Hall–Kier alpha value is -2.65. The zero-order valence-electron chi connectivity index (χ0n) is 14.4. The molecule has 144 valence electrons. The van der Waals surface area contributed by atoms with Crippen molar-refractivity contribution in [3.8, 4) is 11.5 Å². The SMILES string of the molecule is O=C(NCCCNS(=O)(=O)c1ccc2c(c1)OCCO2)c1ccccc1F. The molecule has 0 radical (unpaired) electrons. The lowest BCUT2D eigenvalue weighted by atomic mass is 10.2. The molecule has 1 aliphatic rings. The van der Waals surface area contributed by atoms with Gasteiger partial charge in [0.15, 0.2) is 11.5 Å². The summed E-state index contributed by atoms with van der Waals surface area (Å²) in [5, 5.41) is 2.56. The summed E-state index contributed by atoms with van der Waals surface area (Å²) in [4.78, 5) is 11.9. The number of amides is 1. The van der Waals surface area contributed by atoms with Crippen molar-refractivity contribution in [1.82, 2.24) is 10.0 Å². The number of nitrogens with one attached hydrogen (secondary N) is 2. The fourth-order valence-electron chi connectivity index (χ4n) is 2.51. The van der Waals surface area contributed by atoms with E-state index in [0.717, 1.165) is 0 Å². The smallest absolute Gasteiger partial charge is 0.254 e. The molecule has 7 nitrogen and oxygen atoms in total. The Bertz CT molecular complexity index is 933. The van der Waals surface area contributed by atoms with Gasteiger partial charge >= 0.3 is 0 Å². The maximum atomic E-state index is 13.5. The summed E-state index contributed by atoms with van der Waals surface area (Å²) in [7, 11) is -3.71. The van der Waals surface area contributed by atoms with E-state index in [1.807, 2.05) is 0 Å². The van der Waals surface area contributed by atoms with Gasteiger partial charge in [-0.2, -0.15) is 0 Å². The van der Waals surface area contributed by atoms with Gasteiger partial charge in [-0.05, 0) is 30.7 Å². The maximum absolute atomic E-state index is 13.5. The van der Waals surface area contributed by atoms with Crippen LogP contribution in [0.5, 0.6) is 11.5 Å². The van der Waals surface area contributed by atoms with Gasteiger partial charge in [-0.3, -0.25) is 4.79 Å². The first-order valence-electron chi connectivity index (χ1n) is 8.39. The molecule has 0 unspecified atom stereocenters. The van der Waals surface area contributed by atoms with Crippen LogP contribution in [-0.4, -0.2) is 40.6 Å². The molecule has 3 rings (SSSR count). The van der Waals surface area contributed by atoms with Gasteiger partial charge in [0.25, 0.3) is 5.91 Å². The molecule has 1 amide bonds. The van der Waals surface area contributed by atoms with Gasteiger partial charge in [0, 0.05) is 19.2 Å². The molecule has 2 N–H and O–H groups in total. The second kappa shape index (κ2) is 8.36. The fraction of sp³-hybridized carbons (Fsp3) is 0.278. The molecule has 9 heteroatoms. The molecule has 0 fully saturated rings. The molecule has 0 saturated carbocycles. The first kappa shape index (κ1) is 19.1. The van der Waals surface area contributed by atoms with E-state index in [4.69, 9.17) is 9.47 Å². The Morgan fingerprint density at radius 3 is 2.56 bits per heavy atom. The molecule has 27 heavy (non-hydrogen) atoms. The highest BCUT2D eigenvalue weighted by molar-refractivity contribution is 7.89. The Labute approximate surface area is 156 Å². The first-order valence-corrected chi connectivity index (χ1v) is 9.88. The van der Waals surface area contributed by atoms with E-state index in [0.29, 0.717) is 31.1 Å². The van der Waals surface area contributed by atoms with Crippen molar-refractivity contribution in [2.75, 3.05) is 26.3 Å². The minimum absolute atomic E-state index is 0.0469. The van der Waals surface area contributed by atoms with Gasteiger partial charge in [0.1, 0.15) is 19.0 Å². The third-order valence-electron chi connectivity index (χ3n) is 3.87. The summed E-state index contributed by atoms with van der Waals surface area (Å²) in [6, 6.07) is 10.1. The third-order valence-corrected chi connectivity index (χ3v) is 5.33. The third kappa shape index (κ3) is 4.75. The van der Waals surface area contributed by atoms with E-state index in [1.165, 1.54) is 30.3 Å². The lowest BCUT2D eigenvalue weighted by molar-refractivity contribution is 0.0949. The highest BCUT2D eigenvalue weighted by Gasteiger charge is 2.19. The highest BCUT2D eigenvalue weighted by atomic mass is 32.2. The van der Waals surface area contributed by atoms with E-state index < -0.39 is 21.7 Å². The van der Waals surface area contributed by atoms with Crippen molar-refractivity contribution in [3.05, 3.63) is 53.8 Å². The van der Waals surface area contributed by atoms with E-state index in [1.54, 1.807) is 12.1 Å². The molecule has 0 bridgehead atoms. The molecule has 1 heterocycles. The maximum Gasteiger partial charge on any atom is 0.254 e. The average Bonchev–Trinajstić information content (AvgIpc) is 2.67. The van der Waals surface area contributed by atoms with Gasteiger partial charge in [-0.1, -0.05) is 12.1 Å². The number of hydrogen-bond donors (Lipinski definition) is 2. The molecule has 0 saturated heterocycles. The Balaban J connectivity index is 1.48. The molecule has 2 aromatic carbocycles. The molecular formula is C18H19FN2O5S. The van der Waals surface area contributed by atoms with Gasteiger partial charge in [0.05, 0.1) is 10.5 Å². The van der Waals surface area contributed by atoms with Crippen LogP contribution in [-0.2, 0) is 10.0 Å². The lowest BCUT2D eigenvalue weighted by Gasteiger charge is -2.18. The number of benzene rings is 2. The second-order valence-electron chi connectivity index (χ2n) is 5.79. The van der Waals surface area contributed by atoms with Crippen molar-refractivity contribution in [3.63, 3.8) is 0 Å². The Morgan fingerprint density at radius 2 is 1.78 bits per heavy atom. The number of carbonyl (C=O) groups excluding carboxylic acids is 1. The molecule has 0 aromatic heterocycles. The van der Waals surface area contributed by atoms with Crippen molar-refractivity contribution >= 4 is 15.9 Å². The Morgan fingerprint density at radius 1 is 1.04 bits per heavy atom. The van der Waals surface area contributed by atoms with E-state index in [-0.39, 0.29) is 23.5 Å². The normalized spacial score (nSPS) is 13.2. The summed E-state index contributed by atoms with van der Waals surface area (Å²) >= 11 is 0. The Kier molecular flexibility index (Phi) is 5.92. The van der Waals surface area contributed by atoms with Crippen LogP contribution in [0.25, 0.3) is 0 Å². The predicted molar refractivity (Wildman–Crippen MR) is 96.0 cm³/mol. The number of fused-ring (bicyclic) bond motifs is 1. The number of sulfonamides is 1. The van der Waals surface area contributed by atoms with E-state index in [9.17, 15) is 17.6 Å². The van der Waals surface area contributed by atoms with Crippen molar-refractivity contribution < 1.29 is 27.1 Å². The van der Waals surface area contributed by atoms with Crippen LogP contribution in [0.1, 0.15) is 16.8 Å². The number of halogens is 1. The van der Waals surface area contributed by atoms with Crippen LogP contribution in [0.15, 0.2) is 47.4 Å². The molecule has 2 aromatic rings. The number of rotatable bonds is 7. The molecule has 1 aliphatic heterocycles. The van der Waals surface area contributed by atoms with Gasteiger partial charge in [-0.25, -0.2) is 17.5 Å². The van der Waals surface area contributed by atoms with E-state index in [2.05, 4.69) is 10.0 Å². The quantitative estimate of drug-likeness (QED) is 0.697. The molecular weight excluding hydrogens is 375 g/mol. The number of hydrogen-bond acceptors (Lipinski definition) is 5. The molecule has 0 aliphatic carbocycles. The summed E-state index contributed by atoms with van der Waals surface area (Å²) in [6.45, 7) is 1.12. The van der Waals surface area contributed by atoms with Gasteiger partial charge in [0.2, 0.25) is 10.0 Å². The van der Waals surface area contributed by atoms with E-state index >= 15 is 0 Å². The zero-order chi connectivity index (χ0) is 19.3. The van der Waals surface area contributed by atoms with Crippen LogP contribution < -0.4 is 19.5 Å². The van der Waals surface area contributed by atoms with Gasteiger partial charge in [-0.15, -0.1) is 0 Å². The number of ether oxygens (including phenoxy) is 2. The number of carbonyl (C=O) groups is 1. The largest absolute Gasteiger partial charge is 0.486 e. The standard InChI is InChI=1S/C18H19FN2O5S/c19-15-5-2-1-4-14(15)18(22)20-8-3-9-21-27(23,24)13-6-7-16-17(12-13)26-11-10-25-16/h1-2,4-7,12,21H,3,8-11H2,(H,20,22). The highest BCUT2D eigenvalue weighted by Crippen LogP contribution is 2.32. The van der Waals surface area contributed by atoms with Crippen LogP contribution in [0.4, 0.5) is 4.39 Å². The molecule has 0 atom stereocenters. The summed E-state index contributed by atoms with van der Waals surface area (Å²) in [5.74, 6) is -0.241. The molecule has 0 spiro atoms. The first-order chi connectivity index (χ1) is 13.0. The minimum atomic E-state index is -3.71. The van der Waals surface area contributed by atoms with Crippen LogP contribution in [0, 0.1) is 5.82 Å². The lowest BCUT2D eigenvalue weighted by Crippen LogP contribution is -2.30. The van der Waals surface area contributed by atoms with Crippen molar-refractivity contribution in [2.45, 2.75) is 11.3 Å². The topological polar surface area (TPSA) is 93.7 Å². The van der Waals surface area contributed by atoms with Gasteiger partial charge < -0.3 is 14.8 Å². The zero-order valence-corrected chi connectivity index (χ0v) is 15.2. The summed E-state index contributed by atoms with van der Waals surface area (Å²) < 4.78 is 51.4. The van der Waals surface area contributed by atoms with Crippen molar-refractivity contribution in [2.24, 2.45) is 0 Å². The predicted octanol–water partition coefficient (Wildman–Crippen LogP) is 1.70.